The van der Waals surface area contributed by atoms with Gasteiger partial charge in [-0.1, -0.05) is 67.6 Å². The van der Waals surface area contributed by atoms with Crippen LogP contribution < -0.4 is 5.32 Å². The molecule has 4 aromatic rings. The molecular weight excluding hydrogens is 615 g/mol. The summed E-state index contributed by atoms with van der Waals surface area (Å²) in [6, 6.07) is 26.3. The summed E-state index contributed by atoms with van der Waals surface area (Å²) in [4.78, 5) is 27.6. The van der Waals surface area contributed by atoms with Crippen molar-refractivity contribution in [2.75, 3.05) is 23.5 Å². The molecule has 0 unspecified atom stereocenters. The predicted octanol–water partition coefficient (Wildman–Crippen LogP) is 7.02. The van der Waals surface area contributed by atoms with Crippen LogP contribution in [0, 0.1) is 6.92 Å². The average molecular weight is 652 g/mol. The molecule has 0 fully saturated rings. The van der Waals surface area contributed by atoms with Crippen molar-refractivity contribution in [3.63, 3.8) is 0 Å². The maximum Gasteiger partial charge on any atom is 0.326 e. The number of benzene rings is 3. The molecule has 44 heavy (non-hydrogen) atoms. The van der Waals surface area contributed by atoms with Crippen LogP contribution in [-0.4, -0.2) is 55.0 Å². The third-order valence-corrected chi connectivity index (χ3v) is 10.2. The molecule has 1 aromatic heterocycles. The Morgan fingerprint density at radius 2 is 1.70 bits per heavy atom. The monoisotopic (exact) mass is 651 g/mol. The summed E-state index contributed by atoms with van der Waals surface area (Å²) in [5.41, 5.74) is 4.79. The van der Waals surface area contributed by atoms with E-state index in [2.05, 4.69) is 36.5 Å². The molecule has 1 amide bonds. The number of aliphatic carboxylic acids is 1. The molecule has 0 aliphatic carbocycles. The quantitative estimate of drug-likeness (QED) is 0.142. The summed E-state index contributed by atoms with van der Waals surface area (Å²) in [5.74, 6) is -0.440. The van der Waals surface area contributed by atoms with E-state index in [1.54, 1.807) is 17.4 Å². The first-order valence-corrected chi connectivity index (χ1v) is 18.3. The minimum atomic E-state index is -3.40. The zero-order valence-corrected chi connectivity index (χ0v) is 27.4. The third kappa shape index (κ3) is 9.28. The zero-order valence-electron chi connectivity index (χ0n) is 25.0. The molecule has 7 nitrogen and oxygen atoms in total. The molecule has 0 aliphatic heterocycles. The fraction of sp³-hybridized carbons (Fsp3) is 0.294. The van der Waals surface area contributed by atoms with Gasteiger partial charge in [0.15, 0.2) is 0 Å². The fourth-order valence-electron chi connectivity index (χ4n) is 4.72. The molecule has 2 N–H and O–H groups in total. The Hall–Kier alpha value is -3.44. The number of carboxylic acid groups (broad SMARTS) is 1. The van der Waals surface area contributed by atoms with Gasteiger partial charge < -0.3 is 15.2 Å². The van der Waals surface area contributed by atoms with Crippen LogP contribution in [0.3, 0.4) is 0 Å². The summed E-state index contributed by atoms with van der Waals surface area (Å²) in [6.07, 6.45) is 0.701. The van der Waals surface area contributed by atoms with E-state index in [1.165, 1.54) is 10.4 Å². The molecular formula is C34H37NO6S3. The van der Waals surface area contributed by atoms with Crippen LogP contribution in [0.1, 0.15) is 45.8 Å². The van der Waals surface area contributed by atoms with Crippen molar-refractivity contribution in [1.82, 2.24) is 5.32 Å². The third-order valence-electron chi connectivity index (χ3n) is 7.07. The van der Waals surface area contributed by atoms with Crippen molar-refractivity contribution in [2.24, 2.45) is 0 Å². The number of amides is 1. The van der Waals surface area contributed by atoms with E-state index in [-0.39, 0.29) is 18.3 Å². The van der Waals surface area contributed by atoms with Crippen LogP contribution >= 0.6 is 23.1 Å². The van der Waals surface area contributed by atoms with Crippen molar-refractivity contribution in [3.8, 4) is 21.6 Å². The molecule has 3 aromatic carbocycles. The van der Waals surface area contributed by atoms with E-state index in [9.17, 15) is 23.1 Å². The van der Waals surface area contributed by atoms with Crippen molar-refractivity contribution in [1.29, 1.82) is 0 Å². The highest BCUT2D eigenvalue weighted by Crippen LogP contribution is 2.35. The molecule has 0 radical (unpaired) electrons. The minimum Gasteiger partial charge on any atom is -0.480 e. The summed E-state index contributed by atoms with van der Waals surface area (Å²) in [5, 5.41) is 12.2. The number of hydrogen-bond acceptors (Lipinski definition) is 7. The Kier molecular flexibility index (Phi) is 11.8. The minimum absolute atomic E-state index is 0.113. The smallest absolute Gasteiger partial charge is 0.326 e. The van der Waals surface area contributed by atoms with Gasteiger partial charge in [0.1, 0.15) is 22.0 Å². The molecule has 10 heteroatoms. The van der Waals surface area contributed by atoms with Crippen LogP contribution in [0.15, 0.2) is 84.9 Å². The number of carboxylic acids is 1. The maximum atomic E-state index is 13.4. The van der Waals surface area contributed by atoms with Crippen LogP contribution in [0.2, 0.25) is 0 Å². The first-order chi connectivity index (χ1) is 21.1. The Balaban J connectivity index is 1.59. The number of carbonyl (C=O) groups excluding carboxylic acids is 1. The van der Waals surface area contributed by atoms with Gasteiger partial charge in [-0.15, -0.1) is 11.3 Å². The molecule has 1 heterocycles. The number of ether oxygens (including phenoxy) is 1. The van der Waals surface area contributed by atoms with Gasteiger partial charge in [0.05, 0.1) is 12.4 Å². The van der Waals surface area contributed by atoms with E-state index in [0.717, 1.165) is 39.3 Å². The van der Waals surface area contributed by atoms with Gasteiger partial charge in [-0.25, -0.2) is 13.2 Å². The van der Waals surface area contributed by atoms with Gasteiger partial charge >= 0.3 is 5.97 Å². The van der Waals surface area contributed by atoms with Gasteiger partial charge in [0, 0.05) is 27.3 Å². The number of aryl methyl sites for hydroxylation is 1. The van der Waals surface area contributed by atoms with E-state index in [1.807, 2.05) is 73.3 Å². The number of rotatable bonds is 15. The second-order valence-corrected chi connectivity index (χ2v) is 15.2. The van der Waals surface area contributed by atoms with Crippen LogP contribution in [0.5, 0.6) is 0 Å². The lowest BCUT2D eigenvalue weighted by atomic mass is 9.93. The standard InChI is InChI=1S/C34H37NO6S3/c1-4-42-22-30(32-17-16-31(43-32)25-11-6-5-7-12-25)41-21-24-14-15-27(28(20-24)26-13-9-8-10-23(26)2)33(36)35-29(34(37)38)18-19-44(3,39)40/h5-17,20,29-30H,4,18-19,21-22H2,1-3H3,(H,35,36)(H,37,38)/t29-,30+/m0/s1. The molecule has 0 saturated carbocycles. The van der Waals surface area contributed by atoms with E-state index in [4.69, 9.17) is 4.74 Å². The first-order valence-electron chi connectivity index (χ1n) is 14.3. The summed E-state index contributed by atoms with van der Waals surface area (Å²) < 4.78 is 29.8. The Labute approximate surface area is 267 Å². The lowest BCUT2D eigenvalue weighted by Crippen LogP contribution is -2.42. The highest BCUT2D eigenvalue weighted by atomic mass is 32.2. The Bertz CT molecular complexity index is 1680. The normalized spacial score (nSPS) is 12.9. The van der Waals surface area contributed by atoms with Crippen molar-refractivity contribution >= 4 is 44.8 Å². The molecule has 232 valence electrons. The molecule has 2 atom stereocenters. The van der Waals surface area contributed by atoms with Crippen LogP contribution in [-0.2, 0) is 26.0 Å². The molecule has 0 spiro atoms. The number of carbonyl (C=O) groups is 2. The van der Waals surface area contributed by atoms with Gasteiger partial charge in [-0.2, -0.15) is 11.8 Å². The van der Waals surface area contributed by atoms with Gasteiger partial charge in [0.2, 0.25) is 0 Å². The highest BCUT2D eigenvalue weighted by molar-refractivity contribution is 7.99. The van der Waals surface area contributed by atoms with Gasteiger partial charge in [-0.05, 0) is 71.2 Å². The Morgan fingerprint density at radius 3 is 2.39 bits per heavy atom. The number of thioether (sulfide) groups is 1. The number of sulfone groups is 1. The topological polar surface area (TPSA) is 110 Å². The predicted molar refractivity (Wildman–Crippen MR) is 180 cm³/mol. The van der Waals surface area contributed by atoms with Crippen LogP contribution in [0.4, 0.5) is 0 Å². The molecule has 0 aliphatic rings. The van der Waals surface area contributed by atoms with Crippen molar-refractivity contribution in [3.05, 3.63) is 106 Å². The second kappa shape index (κ2) is 15.5. The van der Waals surface area contributed by atoms with Crippen LogP contribution in [0.25, 0.3) is 21.6 Å². The van der Waals surface area contributed by atoms with Crippen molar-refractivity contribution in [2.45, 2.75) is 39.0 Å². The first kappa shape index (κ1) is 33.5. The lowest BCUT2D eigenvalue weighted by molar-refractivity contribution is -0.139. The number of thiophene rings is 1. The molecule has 0 bridgehead atoms. The average Bonchev–Trinajstić information content (AvgIpc) is 3.49. The highest BCUT2D eigenvalue weighted by Gasteiger charge is 2.24. The van der Waals surface area contributed by atoms with Crippen molar-refractivity contribution < 1.29 is 27.9 Å². The lowest BCUT2D eigenvalue weighted by Gasteiger charge is -2.19. The summed E-state index contributed by atoms with van der Waals surface area (Å²) in [7, 11) is -3.40. The number of nitrogens with one attached hydrogen (secondary N) is 1. The molecule has 0 saturated heterocycles. The fourth-order valence-corrected chi connectivity index (χ4v) is 7.28. The van der Waals surface area contributed by atoms with Gasteiger partial charge in [-0.3, -0.25) is 4.79 Å². The van der Waals surface area contributed by atoms with E-state index in [0.29, 0.717) is 17.7 Å². The SMILES string of the molecule is CCSC[C@@H](OCc1ccc(C(=O)N[C@@H](CCS(C)(=O)=O)C(=O)O)c(-c2ccccc2C)c1)c1ccc(-c2ccccc2)s1. The Morgan fingerprint density at radius 1 is 0.977 bits per heavy atom. The molecule has 4 rings (SSSR count). The number of hydrogen-bond donors (Lipinski definition) is 2. The maximum absolute atomic E-state index is 13.4. The van der Waals surface area contributed by atoms with E-state index < -0.39 is 27.8 Å². The summed E-state index contributed by atoms with van der Waals surface area (Å²) >= 11 is 3.54. The van der Waals surface area contributed by atoms with E-state index >= 15 is 0 Å². The van der Waals surface area contributed by atoms with Gasteiger partial charge in [0.25, 0.3) is 5.91 Å². The summed E-state index contributed by atoms with van der Waals surface area (Å²) in [6.45, 7) is 4.39. The largest absolute Gasteiger partial charge is 0.480 e. The zero-order chi connectivity index (χ0) is 31.7. The second-order valence-electron chi connectivity index (χ2n) is 10.5.